The van der Waals surface area contributed by atoms with Gasteiger partial charge in [-0.2, -0.15) is 4.31 Å². The lowest BCUT2D eigenvalue weighted by atomic mass is 10.0. The summed E-state index contributed by atoms with van der Waals surface area (Å²) in [6.45, 7) is 5.23. The van der Waals surface area contributed by atoms with Gasteiger partial charge in [-0.3, -0.25) is 4.90 Å². The maximum atomic E-state index is 11.8. The first-order chi connectivity index (χ1) is 20.3. The van der Waals surface area contributed by atoms with Crippen LogP contribution in [0.5, 0.6) is 5.75 Å². The van der Waals surface area contributed by atoms with Gasteiger partial charge in [0.05, 0.1) is 30.3 Å². The van der Waals surface area contributed by atoms with Gasteiger partial charge in [-0.1, -0.05) is 23.7 Å². The Kier molecular flexibility index (Phi) is 8.26. The number of benzene rings is 2. The minimum absolute atomic E-state index is 0.294. The number of piperazine rings is 1. The van der Waals surface area contributed by atoms with Gasteiger partial charge in [0.25, 0.3) is 0 Å². The quantitative estimate of drug-likeness (QED) is 0.302. The fourth-order valence-electron chi connectivity index (χ4n) is 5.74. The first-order valence-electron chi connectivity index (χ1n) is 14.2. The Bertz CT molecular complexity index is 1630. The molecule has 2 N–H and O–H groups in total. The number of fused-ring (bicyclic) bond motifs is 1. The number of anilines is 2. The number of pyridine rings is 1. The second kappa shape index (κ2) is 12.1. The van der Waals surface area contributed by atoms with Gasteiger partial charge in [0, 0.05) is 63.1 Å². The molecule has 2 aliphatic heterocycles. The van der Waals surface area contributed by atoms with Crippen molar-refractivity contribution in [2.45, 2.75) is 25.4 Å². The Morgan fingerprint density at radius 2 is 1.69 bits per heavy atom. The minimum atomic E-state index is -3.15. The number of nitrogens with one attached hydrogen (secondary N) is 2. The summed E-state index contributed by atoms with van der Waals surface area (Å²) in [6, 6.07) is 16.7. The summed E-state index contributed by atoms with van der Waals surface area (Å²) < 4.78 is 30.5. The average Bonchev–Trinajstić information content (AvgIpc) is 3.44. The fourth-order valence-corrected chi connectivity index (χ4v) is 6.76. The number of imidazole rings is 1. The number of piperidine rings is 1. The van der Waals surface area contributed by atoms with Crippen molar-refractivity contribution >= 4 is 44.2 Å². The highest BCUT2D eigenvalue weighted by atomic mass is 35.5. The molecule has 2 aromatic carbocycles. The third-order valence-corrected chi connectivity index (χ3v) is 9.77. The van der Waals surface area contributed by atoms with Gasteiger partial charge in [-0.25, -0.2) is 18.4 Å². The molecular weight excluding hydrogens is 574 g/mol. The summed E-state index contributed by atoms with van der Waals surface area (Å²) in [5.74, 6) is 1.61. The topological polar surface area (TPSA) is 107 Å². The van der Waals surface area contributed by atoms with Crippen molar-refractivity contribution in [3.8, 4) is 17.1 Å². The van der Waals surface area contributed by atoms with E-state index in [1.807, 2.05) is 24.3 Å². The first kappa shape index (κ1) is 28.7. The van der Waals surface area contributed by atoms with Crippen LogP contribution in [0.25, 0.3) is 22.6 Å². The van der Waals surface area contributed by atoms with Crippen molar-refractivity contribution in [3.05, 3.63) is 65.3 Å². The summed E-state index contributed by atoms with van der Waals surface area (Å²) in [5.41, 5.74) is 5.53. The minimum Gasteiger partial charge on any atom is -0.497 e. The third-order valence-electron chi connectivity index (χ3n) is 8.18. The van der Waals surface area contributed by atoms with E-state index in [1.54, 1.807) is 13.3 Å². The van der Waals surface area contributed by atoms with Crippen LogP contribution in [0.1, 0.15) is 18.4 Å². The Morgan fingerprint density at radius 1 is 1.00 bits per heavy atom. The lowest BCUT2D eigenvalue weighted by Crippen LogP contribution is -2.48. The van der Waals surface area contributed by atoms with Crippen LogP contribution in [0.15, 0.2) is 54.7 Å². The monoisotopic (exact) mass is 609 g/mol. The Hall–Kier alpha value is -3.38. The second-order valence-corrected chi connectivity index (χ2v) is 13.4. The smallest absolute Gasteiger partial charge is 0.211 e. The molecule has 0 unspecified atom stereocenters. The van der Waals surface area contributed by atoms with Crippen LogP contribution in [-0.4, -0.2) is 91.3 Å². The molecule has 0 radical (unpaired) electrons. The highest BCUT2D eigenvalue weighted by Gasteiger charge is 2.24. The van der Waals surface area contributed by atoms with Gasteiger partial charge in [-0.15, -0.1) is 0 Å². The normalized spacial score (nSPS) is 17.5. The molecule has 2 fully saturated rings. The molecule has 0 bridgehead atoms. The predicted octanol–water partition coefficient (Wildman–Crippen LogP) is 4.45. The number of methoxy groups -OCH3 is 1. The largest absolute Gasteiger partial charge is 0.497 e. The van der Waals surface area contributed by atoms with Crippen LogP contribution in [0, 0.1) is 0 Å². The number of halogens is 1. The van der Waals surface area contributed by atoms with Crippen LogP contribution in [0.4, 0.5) is 11.4 Å². The maximum absolute atomic E-state index is 11.8. The summed E-state index contributed by atoms with van der Waals surface area (Å²) in [4.78, 5) is 17.4. The zero-order chi connectivity index (χ0) is 29.3. The van der Waals surface area contributed by atoms with E-state index < -0.39 is 10.0 Å². The van der Waals surface area contributed by atoms with Crippen molar-refractivity contribution in [1.82, 2.24) is 24.2 Å². The Balaban J connectivity index is 1.10. The Morgan fingerprint density at radius 3 is 2.33 bits per heavy atom. The lowest BCUT2D eigenvalue weighted by molar-refractivity contribution is 0.211. The molecular formula is C30H36ClN7O3S. The number of aromatic amines is 1. The highest BCUT2D eigenvalue weighted by Crippen LogP contribution is 2.33. The first-order valence-corrected chi connectivity index (χ1v) is 16.5. The number of H-pyrrole nitrogens is 1. The molecule has 6 rings (SSSR count). The van der Waals surface area contributed by atoms with E-state index in [2.05, 4.69) is 49.4 Å². The molecule has 2 saturated heterocycles. The molecule has 222 valence electrons. The molecule has 0 amide bonds. The van der Waals surface area contributed by atoms with E-state index in [4.69, 9.17) is 21.3 Å². The van der Waals surface area contributed by atoms with Crippen LogP contribution in [0.2, 0.25) is 5.02 Å². The molecule has 12 heteroatoms. The van der Waals surface area contributed by atoms with Crippen molar-refractivity contribution in [1.29, 1.82) is 0 Å². The fraction of sp³-hybridized carbons (Fsp3) is 0.400. The summed E-state index contributed by atoms with van der Waals surface area (Å²) >= 11 is 6.64. The molecule has 42 heavy (non-hydrogen) atoms. The third kappa shape index (κ3) is 6.34. The zero-order valence-electron chi connectivity index (χ0n) is 23.9. The number of sulfonamides is 1. The standard InChI is InChI=1S/C30H36ClN7O3S/c1-41-25-9-3-21(4-10-25)20-36-13-11-23(12-14-36)33-27-26(31)19-32-30-28(27)34-29(35-30)22-5-7-24(8-6-22)37-15-17-38(18-16-37)42(2,39)40/h3-10,19,23H,11-18,20H2,1-2H3,(H2,32,33,34,35). The molecule has 4 heterocycles. The molecule has 10 nitrogen and oxygen atoms in total. The van der Waals surface area contributed by atoms with Gasteiger partial charge >= 0.3 is 0 Å². The Labute approximate surface area is 251 Å². The molecule has 0 atom stereocenters. The number of aromatic nitrogens is 3. The van der Waals surface area contributed by atoms with Gasteiger partial charge in [0.1, 0.15) is 17.1 Å². The van der Waals surface area contributed by atoms with Gasteiger partial charge in [0.2, 0.25) is 10.0 Å². The van der Waals surface area contributed by atoms with Crippen LogP contribution >= 0.6 is 11.6 Å². The van der Waals surface area contributed by atoms with E-state index >= 15 is 0 Å². The van der Waals surface area contributed by atoms with Crippen molar-refractivity contribution < 1.29 is 13.2 Å². The van der Waals surface area contributed by atoms with E-state index in [-0.39, 0.29) is 0 Å². The number of hydrogen-bond donors (Lipinski definition) is 2. The molecule has 0 spiro atoms. The van der Waals surface area contributed by atoms with E-state index in [9.17, 15) is 8.42 Å². The van der Waals surface area contributed by atoms with Gasteiger partial charge < -0.3 is 19.9 Å². The molecule has 0 saturated carbocycles. The predicted molar refractivity (Wildman–Crippen MR) is 168 cm³/mol. The number of hydrogen-bond acceptors (Lipinski definition) is 8. The van der Waals surface area contributed by atoms with Crippen molar-refractivity contribution in [3.63, 3.8) is 0 Å². The van der Waals surface area contributed by atoms with Crippen LogP contribution in [0.3, 0.4) is 0 Å². The lowest BCUT2D eigenvalue weighted by Gasteiger charge is -2.34. The number of rotatable bonds is 8. The average molecular weight is 610 g/mol. The van der Waals surface area contributed by atoms with Gasteiger partial charge in [0.15, 0.2) is 5.65 Å². The molecule has 2 aliphatic rings. The second-order valence-electron chi connectivity index (χ2n) is 11.0. The zero-order valence-corrected chi connectivity index (χ0v) is 25.5. The van der Waals surface area contributed by atoms with Gasteiger partial charge in [-0.05, 0) is 54.8 Å². The number of likely N-dealkylation sites (tertiary alicyclic amines) is 1. The van der Waals surface area contributed by atoms with Crippen molar-refractivity contribution in [2.75, 3.05) is 62.9 Å². The van der Waals surface area contributed by atoms with E-state index in [0.29, 0.717) is 42.9 Å². The summed E-state index contributed by atoms with van der Waals surface area (Å²) in [5, 5.41) is 4.23. The van der Waals surface area contributed by atoms with Crippen LogP contribution in [-0.2, 0) is 16.6 Å². The molecule has 4 aromatic rings. The SMILES string of the molecule is COc1ccc(CN2CCC(Nc3c(Cl)cnc4[nH]c(-c5ccc(N6CCN(S(C)(=O)=O)CC6)cc5)nc34)CC2)cc1. The molecule has 2 aromatic heterocycles. The number of ether oxygens (including phenoxy) is 1. The summed E-state index contributed by atoms with van der Waals surface area (Å²) in [7, 11) is -1.46. The van der Waals surface area contributed by atoms with Crippen LogP contribution < -0.4 is 15.0 Å². The molecule has 0 aliphatic carbocycles. The highest BCUT2D eigenvalue weighted by molar-refractivity contribution is 7.88. The van der Waals surface area contributed by atoms with E-state index in [0.717, 1.165) is 66.5 Å². The number of nitrogens with zero attached hydrogens (tertiary/aromatic N) is 5. The van der Waals surface area contributed by atoms with Crippen molar-refractivity contribution in [2.24, 2.45) is 0 Å². The summed E-state index contributed by atoms with van der Waals surface area (Å²) in [6.07, 6.45) is 4.95. The van der Waals surface area contributed by atoms with E-state index in [1.165, 1.54) is 16.1 Å². The maximum Gasteiger partial charge on any atom is 0.211 e.